The lowest BCUT2D eigenvalue weighted by Crippen LogP contribution is -2.02. The molecule has 0 aliphatic rings. The Morgan fingerprint density at radius 3 is 3.33 bits per heavy atom. The summed E-state index contributed by atoms with van der Waals surface area (Å²) in [6.45, 7) is 0.319. The van der Waals surface area contributed by atoms with Gasteiger partial charge in [0.1, 0.15) is 6.26 Å². The molecular weight excluding hydrogens is 122 g/mol. The summed E-state index contributed by atoms with van der Waals surface area (Å²) in [5.74, 6) is 0. The second-order valence-electron chi connectivity index (χ2n) is 1.41. The van der Waals surface area contributed by atoms with Crippen molar-refractivity contribution >= 4 is 0 Å². The SMILES string of the molecule is O=NNCc1cocn1. The summed E-state index contributed by atoms with van der Waals surface area (Å²) in [6, 6.07) is 0. The van der Waals surface area contributed by atoms with Crippen LogP contribution in [0, 0.1) is 4.91 Å². The molecule has 0 amide bonds. The third-order valence-corrected chi connectivity index (χ3v) is 0.808. The van der Waals surface area contributed by atoms with Gasteiger partial charge >= 0.3 is 0 Å². The maximum atomic E-state index is 9.48. The summed E-state index contributed by atoms with van der Waals surface area (Å²) in [7, 11) is 0. The second-order valence-corrected chi connectivity index (χ2v) is 1.41. The molecule has 0 saturated heterocycles. The van der Waals surface area contributed by atoms with Gasteiger partial charge in [-0.3, -0.25) is 5.43 Å². The summed E-state index contributed by atoms with van der Waals surface area (Å²) in [5, 5.41) is 2.43. The van der Waals surface area contributed by atoms with Crippen LogP contribution < -0.4 is 5.43 Å². The highest BCUT2D eigenvalue weighted by atomic mass is 16.3. The number of hydrogen-bond acceptors (Lipinski definition) is 4. The Labute approximate surface area is 51.0 Å². The molecule has 5 nitrogen and oxygen atoms in total. The maximum Gasteiger partial charge on any atom is 0.180 e. The second kappa shape index (κ2) is 2.81. The molecule has 0 saturated carbocycles. The summed E-state index contributed by atoms with van der Waals surface area (Å²) in [6.07, 6.45) is 2.74. The lowest BCUT2D eigenvalue weighted by molar-refractivity contribution is 0.555. The number of nitrogens with one attached hydrogen (secondary N) is 1. The fourth-order valence-electron chi connectivity index (χ4n) is 0.438. The van der Waals surface area contributed by atoms with Crippen LogP contribution in [0.15, 0.2) is 22.4 Å². The molecule has 1 N–H and O–H groups in total. The van der Waals surface area contributed by atoms with E-state index in [2.05, 4.69) is 20.1 Å². The zero-order chi connectivity index (χ0) is 6.53. The van der Waals surface area contributed by atoms with Gasteiger partial charge in [-0.25, -0.2) is 4.98 Å². The van der Waals surface area contributed by atoms with Gasteiger partial charge in [-0.15, -0.1) is 4.91 Å². The van der Waals surface area contributed by atoms with Crippen LogP contribution in [0.3, 0.4) is 0 Å². The van der Waals surface area contributed by atoms with Crippen molar-refractivity contribution in [1.82, 2.24) is 10.4 Å². The van der Waals surface area contributed by atoms with Gasteiger partial charge in [-0.2, -0.15) is 0 Å². The number of hydrogen-bond donors (Lipinski definition) is 1. The molecule has 0 bridgehead atoms. The quantitative estimate of drug-likeness (QED) is 0.472. The Balaban J connectivity index is 2.38. The zero-order valence-corrected chi connectivity index (χ0v) is 4.57. The molecule has 0 aliphatic carbocycles. The third kappa shape index (κ3) is 1.52. The standard InChI is InChI=1S/C4H5N3O2/c8-7-6-1-4-2-9-3-5-4/h2-3H,1H2,(H,6,8). The Bertz CT molecular complexity index is 172. The van der Waals surface area contributed by atoms with E-state index in [1.165, 1.54) is 12.7 Å². The van der Waals surface area contributed by atoms with Crippen molar-refractivity contribution in [2.24, 2.45) is 5.29 Å². The molecule has 9 heavy (non-hydrogen) atoms. The fourth-order valence-corrected chi connectivity index (χ4v) is 0.438. The van der Waals surface area contributed by atoms with E-state index in [0.717, 1.165) is 0 Å². The van der Waals surface area contributed by atoms with E-state index in [1.807, 2.05) is 0 Å². The van der Waals surface area contributed by atoms with Crippen LogP contribution in [0.4, 0.5) is 0 Å². The topological polar surface area (TPSA) is 67.5 Å². The molecule has 1 heterocycles. The molecule has 0 atom stereocenters. The van der Waals surface area contributed by atoms with Crippen molar-refractivity contribution in [3.63, 3.8) is 0 Å². The molecule has 0 aliphatic heterocycles. The van der Waals surface area contributed by atoms with Gasteiger partial charge in [-0.05, 0) is 0 Å². The summed E-state index contributed by atoms with van der Waals surface area (Å²) < 4.78 is 4.62. The van der Waals surface area contributed by atoms with Crippen molar-refractivity contribution in [1.29, 1.82) is 0 Å². The van der Waals surface area contributed by atoms with Crippen molar-refractivity contribution in [2.45, 2.75) is 6.54 Å². The number of nitrogens with zero attached hydrogens (tertiary/aromatic N) is 2. The normalized spacial score (nSPS) is 8.89. The number of aromatic nitrogens is 1. The molecule has 0 aromatic carbocycles. The summed E-state index contributed by atoms with van der Waals surface area (Å²) in [4.78, 5) is 13.2. The van der Waals surface area contributed by atoms with Crippen LogP contribution in [-0.2, 0) is 6.54 Å². The summed E-state index contributed by atoms with van der Waals surface area (Å²) in [5.41, 5.74) is 2.86. The van der Waals surface area contributed by atoms with Crippen molar-refractivity contribution in [3.8, 4) is 0 Å². The predicted octanol–water partition coefficient (Wildman–Crippen LogP) is 0.446. The van der Waals surface area contributed by atoms with E-state index < -0.39 is 0 Å². The van der Waals surface area contributed by atoms with Gasteiger partial charge in [-0.1, -0.05) is 0 Å². The van der Waals surface area contributed by atoms with Crippen molar-refractivity contribution in [2.75, 3.05) is 0 Å². The fraction of sp³-hybridized carbons (Fsp3) is 0.250. The molecular formula is C4H5N3O2. The maximum absolute atomic E-state index is 9.48. The van der Waals surface area contributed by atoms with Gasteiger partial charge in [0.2, 0.25) is 0 Å². The minimum absolute atomic E-state index is 0.319. The van der Waals surface area contributed by atoms with Gasteiger partial charge in [0.25, 0.3) is 0 Å². The molecule has 1 rings (SSSR count). The van der Waals surface area contributed by atoms with Gasteiger partial charge in [0.15, 0.2) is 6.39 Å². The lowest BCUT2D eigenvalue weighted by Gasteiger charge is -1.86. The minimum Gasteiger partial charge on any atom is -0.451 e. The first kappa shape index (κ1) is 5.74. The Kier molecular flexibility index (Phi) is 1.79. The largest absolute Gasteiger partial charge is 0.451 e. The molecule has 1 aromatic heterocycles. The van der Waals surface area contributed by atoms with E-state index in [0.29, 0.717) is 12.2 Å². The van der Waals surface area contributed by atoms with Gasteiger partial charge in [0.05, 0.1) is 12.2 Å². The lowest BCUT2D eigenvalue weighted by atomic mass is 10.5. The molecule has 0 unspecified atom stereocenters. The first-order valence-electron chi connectivity index (χ1n) is 2.36. The molecule has 5 heteroatoms. The van der Waals surface area contributed by atoms with E-state index in [1.54, 1.807) is 0 Å². The van der Waals surface area contributed by atoms with Gasteiger partial charge < -0.3 is 4.42 Å². The van der Waals surface area contributed by atoms with E-state index in [-0.39, 0.29) is 0 Å². The molecule has 0 fully saturated rings. The highest BCUT2D eigenvalue weighted by Crippen LogP contribution is 1.91. The number of nitroso groups, excluding NO2 is 1. The van der Waals surface area contributed by atoms with Crippen LogP contribution in [0.25, 0.3) is 0 Å². The Morgan fingerprint density at radius 2 is 2.78 bits per heavy atom. The van der Waals surface area contributed by atoms with Crippen molar-refractivity contribution in [3.05, 3.63) is 23.3 Å². The first-order valence-corrected chi connectivity index (χ1v) is 2.36. The highest BCUT2D eigenvalue weighted by molar-refractivity contribution is 4.88. The average Bonchev–Trinajstić information content (AvgIpc) is 2.34. The van der Waals surface area contributed by atoms with Crippen LogP contribution in [0.1, 0.15) is 5.69 Å². The van der Waals surface area contributed by atoms with E-state index >= 15 is 0 Å². The monoisotopic (exact) mass is 127 g/mol. The molecule has 1 aromatic rings. The third-order valence-electron chi connectivity index (χ3n) is 0.808. The molecule has 48 valence electrons. The molecule has 0 radical (unpaired) electrons. The first-order chi connectivity index (χ1) is 4.43. The van der Waals surface area contributed by atoms with Crippen LogP contribution >= 0.6 is 0 Å². The zero-order valence-electron chi connectivity index (χ0n) is 4.57. The van der Waals surface area contributed by atoms with Crippen LogP contribution in [0.2, 0.25) is 0 Å². The number of oxazole rings is 1. The number of rotatable bonds is 3. The van der Waals surface area contributed by atoms with E-state index in [4.69, 9.17) is 0 Å². The van der Waals surface area contributed by atoms with E-state index in [9.17, 15) is 4.91 Å². The highest BCUT2D eigenvalue weighted by Gasteiger charge is 1.91. The summed E-state index contributed by atoms with van der Waals surface area (Å²) >= 11 is 0. The average molecular weight is 127 g/mol. The minimum atomic E-state index is 0.319. The van der Waals surface area contributed by atoms with Gasteiger partial charge in [0, 0.05) is 5.29 Å². The van der Waals surface area contributed by atoms with Crippen molar-refractivity contribution < 1.29 is 4.42 Å². The Hall–Kier alpha value is -1.39. The van der Waals surface area contributed by atoms with Crippen LogP contribution in [0.5, 0.6) is 0 Å². The smallest absolute Gasteiger partial charge is 0.180 e. The predicted molar refractivity (Wildman–Crippen MR) is 29.1 cm³/mol. The molecule has 0 spiro atoms. The Morgan fingerprint density at radius 1 is 1.89 bits per heavy atom. The van der Waals surface area contributed by atoms with Crippen LogP contribution in [-0.4, -0.2) is 4.98 Å².